The van der Waals surface area contributed by atoms with Crippen molar-refractivity contribution < 1.29 is 13.2 Å². The van der Waals surface area contributed by atoms with Crippen LogP contribution in [0.2, 0.25) is 0 Å². The van der Waals surface area contributed by atoms with Crippen LogP contribution < -0.4 is 5.56 Å². The zero-order valence-corrected chi connectivity index (χ0v) is 11.1. The highest BCUT2D eigenvalue weighted by Crippen LogP contribution is 2.34. The van der Waals surface area contributed by atoms with E-state index in [-0.39, 0.29) is 10.9 Å². The van der Waals surface area contributed by atoms with E-state index < -0.39 is 17.3 Å². The molecule has 2 nitrogen and oxygen atoms in total. The molecule has 0 spiro atoms. The number of aromatic nitrogens is 1. The lowest BCUT2D eigenvalue weighted by Crippen LogP contribution is -2.14. The van der Waals surface area contributed by atoms with E-state index in [0.717, 1.165) is 17.6 Å². The third-order valence-corrected chi connectivity index (χ3v) is 3.11. The van der Waals surface area contributed by atoms with Gasteiger partial charge in [0.05, 0.1) is 5.56 Å². The molecule has 1 aromatic heterocycles. The van der Waals surface area contributed by atoms with Crippen molar-refractivity contribution in [2.75, 3.05) is 0 Å². The second-order valence-corrected chi connectivity index (χ2v) is 4.60. The van der Waals surface area contributed by atoms with Crippen LogP contribution in [0.4, 0.5) is 13.2 Å². The molecule has 1 aromatic carbocycles. The van der Waals surface area contributed by atoms with E-state index in [9.17, 15) is 18.0 Å². The van der Waals surface area contributed by atoms with Crippen LogP contribution in [0.1, 0.15) is 31.4 Å². The second-order valence-electron chi connectivity index (χ2n) is 4.60. The molecule has 0 aliphatic heterocycles. The average Bonchev–Trinajstić information content (AvgIpc) is 2.36. The maximum absolute atomic E-state index is 13.0. The van der Waals surface area contributed by atoms with Crippen LogP contribution in [-0.4, -0.2) is 4.98 Å². The number of rotatable bonds is 2. The van der Waals surface area contributed by atoms with Gasteiger partial charge in [0, 0.05) is 17.0 Å². The molecule has 20 heavy (non-hydrogen) atoms. The average molecular weight is 281 g/mol. The number of benzene rings is 1. The van der Waals surface area contributed by atoms with Crippen LogP contribution in [0, 0.1) is 0 Å². The molecule has 2 rings (SSSR count). The molecule has 0 aliphatic carbocycles. The molecule has 1 N–H and O–H groups in total. The molecule has 0 bridgehead atoms. The standard InChI is InChI=1S/C15H14F3NO/c1-3-4-9(2)10-5-6-13-11(7-10)12(15(16,17)18)8-14(20)19-13/h4-8H,3H2,1-2H3,(H,19,20). The van der Waals surface area contributed by atoms with Crippen LogP contribution in [0.5, 0.6) is 0 Å². The van der Waals surface area contributed by atoms with Crippen LogP contribution >= 0.6 is 0 Å². The first-order chi connectivity index (χ1) is 9.32. The predicted molar refractivity (Wildman–Crippen MR) is 73.5 cm³/mol. The molecule has 0 saturated carbocycles. The van der Waals surface area contributed by atoms with Crippen molar-refractivity contribution in [2.24, 2.45) is 0 Å². The summed E-state index contributed by atoms with van der Waals surface area (Å²) < 4.78 is 39.0. The van der Waals surface area contributed by atoms with Gasteiger partial charge >= 0.3 is 6.18 Å². The zero-order chi connectivity index (χ0) is 14.9. The number of aromatic amines is 1. The fraction of sp³-hybridized carbons (Fsp3) is 0.267. The Labute approximate surface area is 113 Å². The topological polar surface area (TPSA) is 32.9 Å². The lowest BCUT2D eigenvalue weighted by atomic mass is 10.0. The molecule has 0 fully saturated rings. The third-order valence-electron chi connectivity index (χ3n) is 3.11. The lowest BCUT2D eigenvalue weighted by molar-refractivity contribution is -0.136. The number of pyridine rings is 1. The highest BCUT2D eigenvalue weighted by Gasteiger charge is 2.33. The summed E-state index contributed by atoms with van der Waals surface area (Å²) in [7, 11) is 0. The summed E-state index contributed by atoms with van der Waals surface area (Å²) in [5, 5.41) is 0.0125. The van der Waals surface area contributed by atoms with Crippen molar-refractivity contribution in [3.8, 4) is 0 Å². The number of allylic oxidation sites excluding steroid dienone is 2. The smallest absolute Gasteiger partial charge is 0.322 e. The Morgan fingerprint density at radius 1 is 1.30 bits per heavy atom. The number of alkyl halides is 3. The lowest BCUT2D eigenvalue weighted by Gasteiger charge is -2.11. The Balaban J connectivity index is 2.76. The fourth-order valence-corrected chi connectivity index (χ4v) is 2.16. The van der Waals surface area contributed by atoms with E-state index in [1.165, 1.54) is 12.1 Å². The number of fused-ring (bicyclic) bond motifs is 1. The first-order valence-electron chi connectivity index (χ1n) is 6.24. The zero-order valence-electron chi connectivity index (χ0n) is 11.1. The molecule has 2 aromatic rings. The van der Waals surface area contributed by atoms with Gasteiger partial charge in [0.1, 0.15) is 0 Å². The van der Waals surface area contributed by atoms with Gasteiger partial charge in [0.25, 0.3) is 0 Å². The van der Waals surface area contributed by atoms with Crippen molar-refractivity contribution >= 4 is 16.5 Å². The summed E-state index contributed by atoms with van der Waals surface area (Å²) in [6.45, 7) is 3.81. The molecule has 0 aliphatic rings. The second kappa shape index (κ2) is 5.15. The van der Waals surface area contributed by atoms with Gasteiger partial charge in [-0.1, -0.05) is 19.1 Å². The summed E-state index contributed by atoms with van der Waals surface area (Å²) in [4.78, 5) is 13.7. The van der Waals surface area contributed by atoms with E-state index in [2.05, 4.69) is 4.98 Å². The Morgan fingerprint density at radius 3 is 2.60 bits per heavy atom. The molecule has 5 heteroatoms. The predicted octanol–water partition coefficient (Wildman–Crippen LogP) is 4.36. The van der Waals surface area contributed by atoms with Gasteiger partial charge < -0.3 is 4.98 Å². The van der Waals surface area contributed by atoms with Gasteiger partial charge in [-0.3, -0.25) is 4.79 Å². The van der Waals surface area contributed by atoms with Gasteiger partial charge in [-0.2, -0.15) is 13.2 Å². The summed E-state index contributed by atoms with van der Waals surface area (Å²) >= 11 is 0. The Hall–Kier alpha value is -2.04. The Morgan fingerprint density at radius 2 is 2.00 bits per heavy atom. The van der Waals surface area contributed by atoms with E-state index in [4.69, 9.17) is 0 Å². The third kappa shape index (κ3) is 2.76. The largest absolute Gasteiger partial charge is 0.417 e. The molecule has 0 amide bonds. The van der Waals surface area contributed by atoms with Crippen LogP contribution in [0.25, 0.3) is 16.5 Å². The minimum absolute atomic E-state index is 0.0125. The van der Waals surface area contributed by atoms with Gasteiger partial charge in [-0.15, -0.1) is 0 Å². The summed E-state index contributed by atoms with van der Waals surface area (Å²) in [5.41, 5.74) is 0.171. The number of hydrogen-bond donors (Lipinski definition) is 1. The normalized spacial score (nSPS) is 12.9. The highest BCUT2D eigenvalue weighted by molar-refractivity contribution is 5.86. The highest BCUT2D eigenvalue weighted by atomic mass is 19.4. The molecular weight excluding hydrogens is 267 g/mol. The summed E-state index contributed by atoms with van der Waals surface area (Å²) in [6.07, 6.45) is -1.80. The van der Waals surface area contributed by atoms with Gasteiger partial charge in [0.15, 0.2) is 0 Å². The number of nitrogens with one attached hydrogen (secondary N) is 1. The minimum Gasteiger partial charge on any atom is -0.322 e. The molecular formula is C15H14F3NO. The summed E-state index contributed by atoms with van der Waals surface area (Å²) in [5.74, 6) is 0. The molecule has 0 saturated heterocycles. The van der Waals surface area contributed by atoms with Gasteiger partial charge in [-0.25, -0.2) is 0 Å². The molecule has 0 atom stereocenters. The molecule has 0 unspecified atom stereocenters. The van der Waals surface area contributed by atoms with E-state index in [1.807, 2.05) is 19.9 Å². The van der Waals surface area contributed by atoms with E-state index >= 15 is 0 Å². The minimum atomic E-state index is -4.55. The fourth-order valence-electron chi connectivity index (χ4n) is 2.16. The van der Waals surface area contributed by atoms with Gasteiger partial charge in [0.2, 0.25) is 5.56 Å². The molecule has 106 valence electrons. The Bertz CT molecular complexity index is 726. The summed E-state index contributed by atoms with van der Waals surface area (Å²) in [6, 6.07) is 5.29. The number of halogens is 3. The number of H-pyrrole nitrogens is 1. The van der Waals surface area contributed by atoms with Crippen molar-refractivity contribution in [2.45, 2.75) is 26.4 Å². The van der Waals surface area contributed by atoms with Crippen molar-refractivity contribution in [3.63, 3.8) is 0 Å². The first-order valence-corrected chi connectivity index (χ1v) is 6.24. The van der Waals surface area contributed by atoms with E-state index in [0.29, 0.717) is 6.07 Å². The molecule has 1 heterocycles. The quantitative estimate of drug-likeness (QED) is 0.871. The van der Waals surface area contributed by atoms with Crippen molar-refractivity contribution in [1.29, 1.82) is 0 Å². The maximum atomic E-state index is 13.0. The SMILES string of the molecule is CCC=C(C)c1ccc2[nH]c(=O)cc(C(F)(F)F)c2c1. The maximum Gasteiger partial charge on any atom is 0.417 e. The van der Waals surface area contributed by atoms with E-state index in [1.54, 1.807) is 6.07 Å². The van der Waals surface area contributed by atoms with Crippen molar-refractivity contribution in [3.05, 3.63) is 51.8 Å². The van der Waals surface area contributed by atoms with Crippen LogP contribution in [0.3, 0.4) is 0 Å². The van der Waals surface area contributed by atoms with Crippen LogP contribution in [-0.2, 0) is 6.18 Å². The molecule has 0 radical (unpaired) electrons. The van der Waals surface area contributed by atoms with Gasteiger partial charge in [-0.05, 0) is 36.6 Å². The Kier molecular flexibility index (Phi) is 3.70. The van der Waals surface area contributed by atoms with Crippen LogP contribution in [0.15, 0.2) is 35.1 Å². The van der Waals surface area contributed by atoms with Crippen molar-refractivity contribution in [1.82, 2.24) is 4.98 Å². The number of hydrogen-bond acceptors (Lipinski definition) is 1. The monoisotopic (exact) mass is 281 g/mol. The first kappa shape index (κ1) is 14.4.